The van der Waals surface area contributed by atoms with Crippen molar-refractivity contribution in [3.05, 3.63) is 24.0 Å². The first-order valence-corrected chi connectivity index (χ1v) is 5.35. The highest BCUT2D eigenvalue weighted by Crippen LogP contribution is 2.09. The van der Waals surface area contributed by atoms with Gasteiger partial charge in [0.05, 0.1) is 0 Å². The number of rotatable bonds is 5. The van der Waals surface area contributed by atoms with Crippen molar-refractivity contribution >= 4 is 5.78 Å². The number of aromatic nitrogens is 1. The molecule has 0 aliphatic carbocycles. The van der Waals surface area contributed by atoms with Crippen molar-refractivity contribution in [2.24, 2.45) is 5.92 Å². The molecule has 1 aromatic heterocycles. The molecule has 0 aliphatic rings. The summed E-state index contributed by atoms with van der Waals surface area (Å²) in [5, 5.41) is 0. The molecule has 0 atom stereocenters. The normalized spacial score (nSPS) is 10.9. The van der Waals surface area contributed by atoms with Crippen molar-refractivity contribution in [3.8, 4) is 0 Å². The zero-order valence-electron chi connectivity index (χ0n) is 9.29. The van der Waals surface area contributed by atoms with Crippen LogP contribution in [0, 0.1) is 5.92 Å². The van der Waals surface area contributed by atoms with Gasteiger partial charge in [-0.3, -0.25) is 4.79 Å². The second kappa shape index (κ2) is 4.99. The minimum Gasteiger partial charge on any atom is -0.354 e. The van der Waals surface area contributed by atoms with Gasteiger partial charge in [-0.15, -0.1) is 0 Å². The third-order valence-electron chi connectivity index (χ3n) is 2.33. The lowest BCUT2D eigenvalue weighted by Crippen LogP contribution is -2.06. The Balaban J connectivity index is 2.63. The molecule has 0 unspecified atom stereocenters. The van der Waals surface area contributed by atoms with Crippen molar-refractivity contribution < 1.29 is 4.79 Å². The van der Waals surface area contributed by atoms with Crippen LogP contribution in [0.15, 0.2) is 18.5 Å². The fraction of sp³-hybridized carbons (Fsp3) is 0.583. The summed E-state index contributed by atoms with van der Waals surface area (Å²) >= 11 is 0. The van der Waals surface area contributed by atoms with E-state index in [4.69, 9.17) is 0 Å². The van der Waals surface area contributed by atoms with Crippen LogP contribution in [0.4, 0.5) is 0 Å². The third kappa shape index (κ3) is 2.72. The Bertz CT molecular complexity index is 299. The van der Waals surface area contributed by atoms with Gasteiger partial charge in [0.25, 0.3) is 0 Å². The van der Waals surface area contributed by atoms with E-state index in [0.29, 0.717) is 0 Å². The van der Waals surface area contributed by atoms with Crippen LogP contribution < -0.4 is 0 Å². The van der Waals surface area contributed by atoms with Gasteiger partial charge in [0.1, 0.15) is 0 Å². The lowest BCUT2D eigenvalue weighted by atomic mass is 10.0. The molecule has 0 aromatic carbocycles. The highest BCUT2D eigenvalue weighted by molar-refractivity contribution is 5.97. The van der Waals surface area contributed by atoms with Crippen LogP contribution in [0.5, 0.6) is 0 Å². The van der Waals surface area contributed by atoms with E-state index >= 15 is 0 Å². The molecule has 1 aromatic rings. The predicted octanol–water partition coefficient (Wildman–Crippen LogP) is 3.13. The highest BCUT2D eigenvalue weighted by atomic mass is 16.1. The van der Waals surface area contributed by atoms with Gasteiger partial charge in [0, 0.05) is 30.4 Å². The number of ketones is 1. The van der Waals surface area contributed by atoms with Crippen LogP contribution in [0.3, 0.4) is 0 Å². The van der Waals surface area contributed by atoms with Crippen molar-refractivity contribution in [1.82, 2.24) is 4.57 Å². The summed E-state index contributed by atoms with van der Waals surface area (Å²) in [6.07, 6.45) is 6.30. The lowest BCUT2D eigenvalue weighted by molar-refractivity contribution is 0.0939. The number of carbonyl (C=O) groups excluding carboxylic acids is 1. The van der Waals surface area contributed by atoms with E-state index < -0.39 is 0 Å². The average Bonchev–Trinajstić information content (AvgIpc) is 2.61. The highest BCUT2D eigenvalue weighted by Gasteiger charge is 2.10. The molecule has 2 heteroatoms. The van der Waals surface area contributed by atoms with E-state index in [1.54, 1.807) is 0 Å². The van der Waals surface area contributed by atoms with E-state index in [-0.39, 0.29) is 11.7 Å². The summed E-state index contributed by atoms with van der Waals surface area (Å²) in [6, 6.07) is 1.91. The fourth-order valence-corrected chi connectivity index (χ4v) is 1.40. The Hall–Kier alpha value is -1.05. The minimum atomic E-state index is 0.0945. The van der Waals surface area contributed by atoms with Gasteiger partial charge >= 0.3 is 0 Å². The predicted molar refractivity (Wildman–Crippen MR) is 58.5 cm³/mol. The monoisotopic (exact) mass is 193 g/mol. The summed E-state index contributed by atoms with van der Waals surface area (Å²) in [4.78, 5) is 11.6. The van der Waals surface area contributed by atoms with Gasteiger partial charge in [0.15, 0.2) is 5.78 Å². The van der Waals surface area contributed by atoms with Crippen molar-refractivity contribution in [1.29, 1.82) is 0 Å². The van der Waals surface area contributed by atoms with Gasteiger partial charge in [0.2, 0.25) is 0 Å². The zero-order valence-corrected chi connectivity index (χ0v) is 9.29. The number of nitrogens with zero attached hydrogens (tertiary/aromatic N) is 1. The molecule has 0 radical (unpaired) electrons. The molecule has 2 nitrogen and oxygen atoms in total. The molecule has 78 valence electrons. The number of hydrogen-bond acceptors (Lipinski definition) is 1. The molecule has 0 saturated carbocycles. The van der Waals surface area contributed by atoms with Crippen LogP contribution in [-0.4, -0.2) is 10.4 Å². The summed E-state index contributed by atoms with van der Waals surface area (Å²) < 4.78 is 2.10. The summed E-state index contributed by atoms with van der Waals surface area (Å²) in [7, 11) is 0. The molecule has 0 saturated heterocycles. The molecule has 0 spiro atoms. The number of Topliss-reactive ketones (excluding diaryl/α,β-unsaturated/α-hetero) is 1. The Morgan fingerprint density at radius 1 is 1.50 bits per heavy atom. The molecule has 0 amide bonds. The standard InChI is InChI=1S/C12H19NO/c1-4-5-7-13-8-6-11(9-13)12(14)10(2)3/h6,8-10H,4-5,7H2,1-3H3. The number of carbonyl (C=O) groups is 1. The van der Waals surface area contributed by atoms with Crippen molar-refractivity contribution in [2.75, 3.05) is 0 Å². The Kier molecular flexibility index (Phi) is 3.93. The van der Waals surface area contributed by atoms with E-state index in [2.05, 4.69) is 11.5 Å². The van der Waals surface area contributed by atoms with Crippen molar-refractivity contribution in [2.45, 2.75) is 40.2 Å². The van der Waals surface area contributed by atoms with E-state index in [1.165, 1.54) is 12.8 Å². The second-order valence-electron chi connectivity index (χ2n) is 4.01. The van der Waals surface area contributed by atoms with E-state index in [0.717, 1.165) is 12.1 Å². The second-order valence-corrected chi connectivity index (χ2v) is 4.01. The molecule has 0 N–H and O–H groups in total. The zero-order chi connectivity index (χ0) is 10.6. The van der Waals surface area contributed by atoms with E-state index in [1.807, 2.05) is 32.3 Å². The summed E-state index contributed by atoms with van der Waals surface area (Å²) in [5.41, 5.74) is 0.844. The smallest absolute Gasteiger partial charge is 0.166 e. The molecule has 0 aliphatic heterocycles. The molecule has 0 fully saturated rings. The summed E-state index contributed by atoms with van der Waals surface area (Å²) in [6.45, 7) is 7.06. The van der Waals surface area contributed by atoms with Gasteiger partial charge in [-0.1, -0.05) is 27.2 Å². The van der Waals surface area contributed by atoms with Crippen LogP contribution in [-0.2, 0) is 6.54 Å². The van der Waals surface area contributed by atoms with Crippen LogP contribution in [0.1, 0.15) is 44.0 Å². The maximum atomic E-state index is 11.6. The van der Waals surface area contributed by atoms with Gasteiger partial charge in [-0.2, -0.15) is 0 Å². The van der Waals surface area contributed by atoms with Gasteiger partial charge < -0.3 is 4.57 Å². The summed E-state index contributed by atoms with van der Waals surface area (Å²) in [5.74, 6) is 0.331. The number of hydrogen-bond donors (Lipinski definition) is 0. The van der Waals surface area contributed by atoms with Gasteiger partial charge in [-0.05, 0) is 12.5 Å². The topological polar surface area (TPSA) is 22.0 Å². The maximum absolute atomic E-state index is 11.6. The molecule has 0 bridgehead atoms. The van der Waals surface area contributed by atoms with Crippen LogP contribution in [0.2, 0.25) is 0 Å². The Labute approximate surface area is 85.9 Å². The average molecular weight is 193 g/mol. The van der Waals surface area contributed by atoms with Crippen LogP contribution in [0.25, 0.3) is 0 Å². The first-order chi connectivity index (χ1) is 6.65. The molecule has 1 rings (SSSR count). The lowest BCUT2D eigenvalue weighted by Gasteiger charge is -2.01. The van der Waals surface area contributed by atoms with Crippen molar-refractivity contribution in [3.63, 3.8) is 0 Å². The third-order valence-corrected chi connectivity index (χ3v) is 2.33. The van der Waals surface area contributed by atoms with E-state index in [9.17, 15) is 4.79 Å². The SMILES string of the molecule is CCCCn1ccc(C(=O)C(C)C)c1. The number of unbranched alkanes of at least 4 members (excludes halogenated alkanes) is 1. The van der Waals surface area contributed by atoms with Crippen LogP contribution >= 0.6 is 0 Å². The quantitative estimate of drug-likeness (QED) is 0.658. The number of aryl methyl sites for hydroxylation is 1. The van der Waals surface area contributed by atoms with Gasteiger partial charge in [-0.25, -0.2) is 0 Å². The first kappa shape index (κ1) is 11.0. The fourth-order valence-electron chi connectivity index (χ4n) is 1.40. The minimum absolute atomic E-state index is 0.0945. The Morgan fingerprint density at radius 2 is 2.21 bits per heavy atom. The first-order valence-electron chi connectivity index (χ1n) is 5.35. The molecular formula is C12H19NO. The Morgan fingerprint density at radius 3 is 2.79 bits per heavy atom. The molecule has 14 heavy (non-hydrogen) atoms. The maximum Gasteiger partial charge on any atom is 0.166 e. The molecular weight excluding hydrogens is 174 g/mol. The molecule has 1 heterocycles. The largest absolute Gasteiger partial charge is 0.354 e.